The number of aliphatic hydroxyl groups excluding tert-OH is 2. The van der Waals surface area contributed by atoms with Crippen LogP contribution >= 0.6 is 0 Å². The number of fused-ring (bicyclic) bond motifs is 8. The van der Waals surface area contributed by atoms with Gasteiger partial charge in [-0.05, 0) is 108 Å². The van der Waals surface area contributed by atoms with E-state index in [0.717, 1.165) is 74.7 Å². The predicted molar refractivity (Wildman–Crippen MR) is 267 cm³/mol. The first-order valence-electron chi connectivity index (χ1n) is 25.8. The highest BCUT2D eigenvalue weighted by molar-refractivity contribution is 6.17. The molecule has 5 heterocycles. The molecule has 4 aliphatic heterocycles. The molecule has 2 saturated carbocycles. The van der Waals surface area contributed by atoms with Gasteiger partial charge in [0.25, 0.3) is 5.91 Å². The Morgan fingerprint density at radius 1 is 1.00 bits per heavy atom. The number of nitrogens with one attached hydrogen (secondary N) is 2. The second-order valence-electron chi connectivity index (χ2n) is 21.1. The SMILES string of the molecule is COc1c2c3c4c(O)c(c5c6c4c1CCC6=C[C@@H]1CCC[C@H]51)C(=O)CN1Cc4c(cccc4C1=O)CC#CO[C@H]1[C@H](O)[C@@H](CO[C@@H](c4c[nH]c5ccc(CNC6CCCCC6)cc45)/C=C/2)O[C@H](O3)[C@@]1(O)CO. The van der Waals surface area contributed by atoms with Gasteiger partial charge in [0.15, 0.2) is 17.5 Å². The molecule has 8 aliphatic rings. The Bertz CT molecular complexity index is 3210. The van der Waals surface area contributed by atoms with Gasteiger partial charge in [0.1, 0.15) is 41.7 Å². The fraction of sp³-hybridized carbons (Fsp3) is 0.448. The normalized spacial score (nSPS) is 29.0. The van der Waals surface area contributed by atoms with Crippen LogP contribution in [0.25, 0.3) is 33.3 Å². The van der Waals surface area contributed by atoms with Crippen molar-refractivity contribution in [1.82, 2.24) is 15.2 Å². The van der Waals surface area contributed by atoms with Crippen LogP contribution in [0.5, 0.6) is 17.2 Å². The van der Waals surface area contributed by atoms with Gasteiger partial charge in [-0.25, -0.2) is 0 Å². The van der Waals surface area contributed by atoms with Crippen molar-refractivity contribution in [3.63, 3.8) is 0 Å². The van der Waals surface area contributed by atoms with Crippen LogP contribution in [0.3, 0.4) is 0 Å². The zero-order valence-corrected chi connectivity index (χ0v) is 40.3. The van der Waals surface area contributed by atoms with Crippen LogP contribution in [0.15, 0.2) is 54.7 Å². The number of Topliss-reactive ketones (excluding diaryl/α,β-unsaturated/α-hetero) is 1. The first kappa shape index (κ1) is 45.7. The number of aromatic amines is 1. The quantitative estimate of drug-likeness (QED) is 0.0927. The minimum Gasteiger partial charge on any atom is -0.506 e. The zero-order valence-electron chi connectivity index (χ0n) is 40.3. The van der Waals surface area contributed by atoms with Crippen molar-refractivity contribution in [2.75, 3.05) is 26.9 Å². The molecular formula is C58H59N3O11. The zero-order chi connectivity index (χ0) is 49.0. The lowest BCUT2D eigenvalue weighted by Gasteiger charge is -2.47. The molecule has 1 aromatic heterocycles. The number of nitrogens with zero attached hydrogens (tertiary/aromatic N) is 1. The maximum atomic E-state index is 15.4. The highest BCUT2D eigenvalue weighted by atomic mass is 16.7. The average Bonchev–Trinajstić information content (AvgIpc) is 4.13. The molecule has 13 rings (SSSR count). The Balaban J connectivity index is 1.04. The number of carbonyl (C=O) groups is 2. The number of aromatic hydroxyl groups is 1. The summed E-state index contributed by atoms with van der Waals surface area (Å²) in [6, 6.07) is 12.2. The molecule has 3 fully saturated rings. The van der Waals surface area contributed by atoms with E-state index in [2.05, 4.69) is 46.6 Å². The molecule has 14 nitrogen and oxygen atoms in total. The monoisotopic (exact) mass is 973 g/mol. The molecule has 372 valence electrons. The Kier molecular flexibility index (Phi) is 11.3. The van der Waals surface area contributed by atoms with E-state index in [0.29, 0.717) is 47.7 Å². The number of methoxy groups -OCH3 is 1. The number of aromatic nitrogens is 1. The number of phenolic OH excluding ortho intramolecular Hbond substituents is 1. The molecule has 6 N–H and O–H groups in total. The largest absolute Gasteiger partial charge is 0.506 e. The number of carbonyl (C=O) groups excluding carboxylic acids is 2. The van der Waals surface area contributed by atoms with Crippen molar-refractivity contribution in [3.8, 4) is 29.3 Å². The van der Waals surface area contributed by atoms with Crippen LogP contribution in [0.4, 0.5) is 0 Å². The second-order valence-corrected chi connectivity index (χ2v) is 21.1. The highest BCUT2D eigenvalue weighted by Crippen LogP contribution is 2.60. The average molecular weight is 974 g/mol. The summed E-state index contributed by atoms with van der Waals surface area (Å²) in [5, 5.41) is 55.1. The van der Waals surface area contributed by atoms with E-state index >= 15 is 4.79 Å². The molecule has 0 unspecified atom stereocenters. The van der Waals surface area contributed by atoms with Crippen molar-refractivity contribution in [1.29, 1.82) is 0 Å². The van der Waals surface area contributed by atoms with Crippen molar-refractivity contribution in [2.45, 2.75) is 132 Å². The smallest absolute Gasteiger partial charge is 0.254 e. The number of hydrogen-bond acceptors (Lipinski definition) is 12. The van der Waals surface area contributed by atoms with Crippen LogP contribution in [0.2, 0.25) is 0 Å². The van der Waals surface area contributed by atoms with Gasteiger partial charge >= 0.3 is 0 Å². The topological polar surface area (TPSA) is 192 Å². The lowest BCUT2D eigenvalue weighted by Crippen LogP contribution is -2.70. The number of phenols is 1. The number of benzene rings is 4. The van der Waals surface area contributed by atoms with Crippen LogP contribution in [0, 0.1) is 17.9 Å². The third kappa shape index (κ3) is 7.14. The number of aryl methyl sites for hydroxylation is 1. The Labute approximate surface area is 416 Å². The number of rotatable bonds is 6. The maximum absolute atomic E-state index is 15.4. The summed E-state index contributed by atoms with van der Waals surface area (Å²) in [6.07, 6.45) is 13.9. The van der Waals surface area contributed by atoms with E-state index in [9.17, 15) is 25.2 Å². The Morgan fingerprint density at radius 3 is 2.72 bits per heavy atom. The Hall–Kier alpha value is -6.18. The number of amides is 1. The molecule has 8 bridgehead atoms. The molecule has 4 aromatic carbocycles. The van der Waals surface area contributed by atoms with Gasteiger partial charge in [-0.1, -0.05) is 62.0 Å². The van der Waals surface area contributed by atoms with Gasteiger partial charge in [0.05, 0.1) is 43.4 Å². The summed E-state index contributed by atoms with van der Waals surface area (Å²) in [5.74, 6) is 2.61. The van der Waals surface area contributed by atoms with Crippen molar-refractivity contribution < 1.29 is 53.7 Å². The molecule has 14 heteroatoms. The summed E-state index contributed by atoms with van der Waals surface area (Å²) >= 11 is 0. The Morgan fingerprint density at radius 2 is 1.88 bits per heavy atom. The summed E-state index contributed by atoms with van der Waals surface area (Å²) in [7, 11) is 1.59. The number of ketones is 1. The van der Waals surface area contributed by atoms with Gasteiger partial charge in [0.2, 0.25) is 6.29 Å². The standard InChI is InChI=1S/C58H59N3O11/c1-68-53-37-17-16-33-23-32-9-6-13-35(32)47-46(33)48(37)50-52(65)49(47)43(63)27-61-26-41-31(8-5-14-36(41)56(61)66)10-7-21-69-55-51(64)45-28-70-44(20-18-38(53)54(50)72-57(71-45)58(55,67)29-62)40-25-60-42-19-15-30(22-39(40)42)24-59-34-11-3-2-4-12-34/h5,8,14-15,18-20,22-23,25,32,34-35,44-45,51,55,57,59-60,62,64-65,67H,2-4,6,9-13,16-17,24,26-29H2,1H3/b20-18+/t32-,35-,44+,45+,51+,55-,57+,58+/m0/s1. The molecule has 5 aromatic rings. The molecule has 72 heavy (non-hydrogen) atoms. The molecule has 1 amide bonds. The summed E-state index contributed by atoms with van der Waals surface area (Å²) in [4.78, 5) is 34.5. The van der Waals surface area contributed by atoms with Crippen LogP contribution in [-0.2, 0) is 40.1 Å². The lowest BCUT2D eigenvalue weighted by atomic mass is 9.69. The third-order valence-electron chi connectivity index (χ3n) is 17.2. The van der Waals surface area contributed by atoms with Gasteiger partial charge in [-0.3, -0.25) is 9.59 Å². The molecule has 1 saturated heterocycles. The molecule has 8 atom stereocenters. The minimum absolute atomic E-state index is 0.0221. The molecule has 0 radical (unpaired) electrons. The summed E-state index contributed by atoms with van der Waals surface area (Å²) in [5.41, 5.74) is 6.40. The van der Waals surface area contributed by atoms with Gasteiger partial charge < -0.3 is 59.3 Å². The number of allylic oxidation sites excluding steroid dienone is 2. The molecule has 4 aliphatic carbocycles. The predicted octanol–water partition coefficient (Wildman–Crippen LogP) is 7.40. The molecular weight excluding hydrogens is 915 g/mol. The second kappa shape index (κ2) is 17.8. The fourth-order valence-corrected chi connectivity index (χ4v) is 13.5. The fourth-order valence-electron chi connectivity index (χ4n) is 13.5. The number of aliphatic hydroxyl groups is 3. The summed E-state index contributed by atoms with van der Waals surface area (Å²) < 4.78 is 33.0. The van der Waals surface area contributed by atoms with E-state index < -0.39 is 48.7 Å². The lowest BCUT2D eigenvalue weighted by molar-refractivity contribution is -0.328. The van der Waals surface area contributed by atoms with Crippen molar-refractivity contribution in [2.24, 2.45) is 5.92 Å². The van der Waals surface area contributed by atoms with E-state index in [1.54, 1.807) is 19.2 Å². The van der Waals surface area contributed by atoms with Gasteiger partial charge in [-0.15, -0.1) is 0 Å². The van der Waals surface area contributed by atoms with E-state index in [-0.39, 0.29) is 66.3 Å². The van der Waals surface area contributed by atoms with Gasteiger partial charge in [-0.2, -0.15) is 0 Å². The van der Waals surface area contributed by atoms with E-state index in [4.69, 9.17) is 23.7 Å². The molecule has 0 spiro atoms. The van der Waals surface area contributed by atoms with Crippen LogP contribution in [0.1, 0.15) is 135 Å². The van der Waals surface area contributed by atoms with Crippen molar-refractivity contribution in [3.05, 3.63) is 110 Å². The number of hydrogen-bond donors (Lipinski definition) is 6. The number of H-pyrrole nitrogens is 1. The van der Waals surface area contributed by atoms with E-state index in [1.807, 2.05) is 24.4 Å². The van der Waals surface area contributed by atoms with Crippen molar-refractivity contribution >= 4 is 45.0 Å². The third-order valence-corrected chi connectivity index (χ3v) is 17.2. The van der Waals surface area contributed by atoms with E-state index in [1.165, 1.54) is 37.0 Å². The highest BCUT2D eigenvalue weighted by Gasteiger charge is 2.59. The number of ether oxygens (including phenoxy) is 5. The first-order valence-corrected chi connectivity index (χ1v) is 25.8. The first-order chi connectivity index (χ1) is 35.1. The van der Waals surface area contributed by atoms with Crippen LogP contribution < -0.4 is 14.8 Å². The summed E-state index contributed by atoms with van der Waals surface area (Å²) in [6.45, 7) is -0.610. The van der Waals surface area contributed by atoms with Crippen LogP contribution in [-0.4, -0.2) is 105 Å². The van der Waals surface area contributed by atoms with Gasteiger partial charge in [0, 0.05) is 64.7 Å². The maximum Gasteiger partial charge on any atom is 0.254 e. The minimum atomic E-state index is -2.45.